The highest BCUT2D eigenvalue weighted by Gasteiger charge is 2.12. The zero-order valence-electron chi connectivity index (χ0n) is 13.8. The van der Waals surface area contributed by atoms with E-state index in [9.17, 15) is 4.21 Å². The van der Waals surface area contributed by atoms with Crippen LogP contribution >= 0.6 is 0 Å². The van der Waals surface area contributed by atoms with Gasteiger partial charge in [-0.25, -0.2) is 8.51 Å². The first-order chi connectivity index (χ1) is 10.6. The molecule has 6 heteroatoms. The summed E-state index contributed by atoms with van der Waals surface area (Å²) in [6, 6.07) is 0. The van der Waals surface area contributed by atoms with Crippen molar-refractivity contribution in [3.05, 3.63) is 35.9 Å². The van der Waals surface area contributed by atoms with Crippen molar-refractivity contribution < 1.29 is 14.1 Å². The van der Waals surface area contributed by atoms with Crippen LogP contribution in [-0.4, -0.2) is 58.1 Å². The Balaban J connectivity index is 2.80. The third-order valence-electron chi connectivity index (χ3n) is 3.25. The zero-order valence-corrected chi connectivity index (χ0v) is 14.6. The Morgan fingerprint density at radius 2 is 2.27 bits per heavy atom. The third-order valence-corrected chi connectivity index (χ3v) is 4.59. The topological polar surface area (TPSA) is 53.0 Å². The molecule has 0 aromatic carbocycles. The van der Waals surface area contributed by atoms with E-state index < -0.39 is 11.0 Å². The van der Waals surface area contributed by atoms with Crippen molar-refractivity contribution in [2.75, 3.05) is 39.5 Å². The molecule has 0 saturated heterocycles. The Morgan fingerprint density at radius 1 is 1.50 bits per heavy atom. The molecular formula is C16H28N2O3S. The average molecular weight is 328 g/mol. The van der Waals surface area contributed by atoms with Gasteiger partial charge in [0, 0.05) is 32.3 Å². The SMILES string of the molecule is CCN(/C=C(/CS(=O)N(C)C)OC1=CC=CCC1)CCCO. The molecule has 0 fully saturated rings. The molecule has 1 rings (SSSR count). The second kappa shape index (κ2) is 10.6. The number of aliphatic hydroxyl groups is 1. The summed E-state index contributed by atoms with van der Waals surface area (Å²) in [5, 5.41) is 8.97. The Morgan fingerprint density at radius 3 is 2.82 bits per heavy atom. The van der Waals surface area contributed by atoms with E-state index in [1.54, 1.807) is 18.4 Å². The fraction of sp³-hybridized carbons (Fsp3) is 0.625. The van der Waals surface area contributed by atoms with E-state index in [0.717, 1.165) is 31.7 Å². The van der Waals surface area contributed by atoms with Crippen molar-refractivity contribution in [2.45, 2.75) is 26.2 Å². The molecular weight excluding hydrogens is 300 g/mol. The van der Waals surface area contributed by atoms with Crippen LogP contribution in [0, 0.1) is 0 Å². The van der Waals surface area contributed by atoms with Gasteiger partial charge in [0.05, 0.1) is 5.75 Å². The monoisotopic (exact) mass is 328 g/mol. The number of hydrogen-bond donors (Lipinski definition) is 1. The average Bonchev–Trinajstić information content (AvgIpc) is 2.52. The summed E-state index contributed by atoms with van der Waals surface area (Å²) in [6.45, 7) is 3.80. The molecule has 0 saturated carbocycles. The molecule has 0 heterocycles. The molecule has 1 unspecified atom stereocenters. The minimum absolute atomic E-state index is 0.167. The molecule has 1 aliphatic carbocycles. The van der Waals surface area contributed by atoms with E-state index >= 15 is 0 Å². The van der Waals surface area contributed by atoms with Crippen molar-refractivity contribution in [1.82, 2.24) is 9.21 Å². The van der Waals surface area contributed by atoms with Crippen LogP contribution < -0.4 is 0 Å². The summed E-state index contributed by atoms with van der Waals surface area (Å²) < 4.78 is 19.8. The molecule has 126 valence electrons. The molecule has 1 aliphatic rings. The number of aliphatic hydroxyl groups excluding tert-OH is 1. The van der Waals surface area contributed by atoms with Gasteiger partial charge in [0.25, 0.3) is 0 Å². The molecule has 1 atom stereocenters. The molecule has 0 aromatic rings. The fourth-order valence-corrected chi connectivity index (χ4v) is 2.60. The normalized spacial score (nSPS) is 16.6. The lowest BCUT2D eigenvalue weighted by atomic mass is 10.2. The molecule has 0 bridgehead atoms. The van der Waals surface area contributed by atoms with Gasteiger partial charge in [-0.05, 0) is 39.9 Å². The summed E-state index contributed by atoms with van der Waals surface area (Å²) in [5.41, 5.74) is 0. The highest BCUT2D eigenvalue weighted by Crippen LogP contribution is 2.18. The quantitative estimate of drug-likeness (QED) is 0.623. The van der Waals surface area contributed by atoms with E-state index in [1.165, 1.54) is 0 Å². The first-order valence-corrected chi connectivity index (χ1v) is 8.99. The second-order valence-corrected chi connectivity index (χ2v) is 6.94. The van der Waals surface area contributed by atoms with Gasteiger partial charge in [-0.1, -0.05) is 12.2 Å². The highest BCUT2D eigenvalue weighted by atomic mass is 32.2. The lowest BCUT2D eigenvalue weighted by Crippen LogP contribution is -2.24. The van der Waals surface area contributed by atoms with Crippen LogP contribution in [0.4, 0.5) is 0 Å². The first-order valence-electron chi connectivity index (χ1n) is 7.71. The maximum atomic E-state index is 12.1. The van der Waals surface area contributed by atoms with E-state index in [0.29, 0.717) is 17.9 Å². The third kappa shape index (κ3) is 7.24. The van der Waals surface area contributed by atoms with Gasteiger partial charge in [-0.2, -0.15) is 0 Å². The van der Waals surface area contributed by atoms with Crippen LogP contribution in [0.2, 0.25) is 0 Å². The smallest absolute Gasteiger partial charge is 0.133 e. The van der Waals surface area contributed by atoms with Crippen LogP contribution in [0.1, 0.15) is 26.2 Å². The summed E-state index contributed by atoms with van der Waals surface area (Å²) in [4.78, 5) is 2.08. The van der Waals surface area contributed by atoms with Gasteiger partial charge in [-0.15, -0.1) is 0 Å². The van der Waals surface area contributed by atoms with Crippen LogP contribution in [0.5, 0.6) is 0 Å². The minimum Gasteiger partial charge on any atom is -0.464 e. The number of rotatable bonds is 10. The Bertz CT molecular complexity index is 445. The standard InChI is InChI=1S/C16H28N2O3S/c1-4-18(11-8-12-19)13-16(14-22(20)17(2)3)21-15-9-6-5-7-10-15/h5-6,9,13,19H,4,7-8,10-12,14H2,1-3H3/b16-13-. The Hall–Kier alpha value is -1.11. The largest absolute Gasteiger partial charge is 0.464 e. The molecule has 0 radical (unpaired) electrons. The molecule has 1 N–H and O–H groups in total. The van der Waals surface area contributed by atoms with Crippen molar-refractivity contribution >= 4 is 11.0 Å². The lowest BCUT2D eigenvalue weighted by Gasteiger charge is -2.22. The van der Waals surface area contributed by atoms with Crippen molar-refractivity contribution in [1.29, 1.82) is 0 Å². The lowest BCUT2D eigenvalue weighted by molar-refractivity contribution is 0.248. The first kappa shape index (κ1) is 18.9. The van der Waals surface area contributed by atoms with E-state index in [1.807, 2.05) is 18.4 Å². The fourth-order valence-electron chi connectivity index (χ4n) is 1.97. The summed E-state index contributed by atoms with van der Waals surface area (Å²) in [6.07, 6.45) is 10.5. The van der Waals surface area contributed by atoms with Gasteiger partial charge in [0.2, 0.25) is 0 Å². The van der Waals surface area contributed by atoms with Crippen LogP contribution in [-0.2, 0) is 15.7 Å². The van der Waals surface area contributed by atoms with Gasteiger partial charge in [0.15, 0.2) is 0 Å². The number of allylic oxidation sites excluding steroid dienone is 4. The van der Waals surface area contributed by atoms with Crippen LogP contribution in [0.15, 0.2) is 35.9 Å². The number of nitrogens with zero attached hydrogens (tertiary/aromatic N) is 2. The molecule has 0 aliphatic heterocycles. The maximum Gasteiger partial charge on any atom is 0.133 e. The Labute approximate surface area is 136 Å². The van der Waals surface area contributed by atoms with Crippen molar-refractivity contribution in [3.63, 3.8) is 0 Å². The summed E-state index contributed by atoms with van der Waals surface area (Å²) in [5.74, 6) is 1.96. The Kier molecular flexibility index (Phi) is 9.11. The van der Waals surface area contributed by atoms with E-state index in [-0.39, 0.29) is 6.61 Å². The van der Waals surface area contributed by atoms with Gasteiger partial charge >= 0.3 is 0 Å². The van der Waals surface area contributed by atoms with Gasteiger partial charge in [-0.3, -0.25) is 0 Å². The maximum absolute atomic E-state index is 12.1. The predicted molar refractivity (Wildman–Crippen MR) is 91.3 cm³/mol. The molecule has 0 aromatic heterocycles. The van der Waals surface area contributed by atoms with Crippen LogP contribution in [0.3, 0.4) is 0 Å². The summed E-state index contributed by atoms with van der Waals surface area (Å²) in [7, 11) is 2.47. The van der Waals surface area contributed by atoms with Gasteiger partial charge in [0.1, 0.15) is 22.5 Å². The zero-order chi connectivity index (χ0) is 16.4. The van der Waals surface area contributed by atoms with Gasteiger partial charge < -0.3 is 14.7 Å². The van der Waals surface area contributed by atoms with E-state index in [4.69, 9.17) is 9.84 Å². The number of ether oxygens (including phenoxy) is 1. The van der Waals surface area contributed by atoms with Crippen LogP contribution in [0.25, 0.3) is 0 Å². The van der Waals surface area contributed by atoms with E-state index in [2.05, 4.69) is 17.9 Å². The number of hydrogen-bond acceptors (Lipinski definition) is 4. The molecule has 5 nitrogen and oxygen atoms in total. The molecule has 0 amide bonds. The summed E-state index contributed by atoms with van der Waals surface area (Å²) >= 11 is 0. The molecule has 22 heavy (non-hydrogen) atoms. The minimum atomic E-state index is -1.11. The van der Waals surface area contributed by atoms with Crippen molar-refractivity contribution in [2.24, 2.45) is 0 Å². The highest BCUT2D eigenvalue weighted by molar-refractivity contribution is 7.82. The predicted octanol–water partition coefficient (Wildman–Crippen LogP) is 2.01. The second-order valence-electron chi connectivity index (χ2n) is 5.28. The molecule has 0 spiro atoms. The van der Waals surface area contributed by atoms with Crippen molar-refractivity contribution in [3.8, 4) is 0 Å².